The van der Waals surface area contributed by atoms with E-state index in [1.165, 1.54) is 7.11 Å². The molecule has 1 atom stereocenters. The van der Waals surface area contributed by atoms with Crippen molar-refractivity contribution in [1.29, 1.82) is 0 Å². The number of carbonyl (C=O) groups is 2. The Morgan fingerprint density at radius 3 is 2.40 bits per heavy atom. The largest absolute Gasteiger partial charge is 0.493 e. The Hall–Kier alpha value is -4.01. The van der Waals surface area contributed by atoms with Crippen molar-refractivity contribution in [3.63, 3.8) is 0 Å². The van der Waals surface area contributed by atoms with Gasteiger partial charge in [-0.25, -0.2) is 4.98 Å². The highest BCUT2D eigenvalue weighted by atomic mass is 16.5. The summed E-state index contributed by atoms with van der Waals surface area (Å²) >= 11 is 0. The number of esters is 1. The topological polar surface area (TPSA) is 92.1 Å². The molecule has 9 heteroatoms. The fraction of sp³-hybridized carbons (Fsp3) is 0.346. The number of rotatable bonds is 8. The van der Waals surface area contributed by atoms with Crippen molar-refractivity contribution < 1.29 is 28.5 Å². The molecule has 0 fully saturated rings. The third-order valence-corrected chi connectivity index (χ3v) is 6.24. The lowest BCUT2D eigenvalue weighted by atomic mass is 9.89. The van der Waals surface area contributed by atoms with Crippen molar-refractivity contribution in [3.8, 4) is 17.2 Å². The van der Waals surface area contributed by atoms with E-state index in [1.54, 1.807) is 49.6 Å². The first-order valence-corrected chi connectivity index (χ1v) is 11.3. The first-order chi connectivity index (χ1) is 16.9. The summed E-state index contributed by atoms with van der Waals surface area (Å²) in [6.45, 7) is 0.784. The number of benzene rings is 2. The van der Waals surface area contributed by atoms with E-state index < -0.39 is 12.0 Å². The second-order valence-electron chi connectivity index (χ2n) is 8.22. The molecule has 35 heavy (non-hydrogen) atoms. The first-order valence-electron chi connectivity index (χ1n) is 11.3. The Morgan fingerprint density at radius 1 is 1.06 bits per heavy atom. The highest BCUT2D eigenvalue weighted by molar-refractivity contribution is 5.95. The molecule has 1 unspecified atom stereocenters. The lowest BCUT2D eigenvalue weighted by Crippen LogP contribution is -2.41. The Bertz CT molecular complexity index is 1200. The summed E-state index contributed by atoms with van der Waals surface area (Å²) in [6.07, 6.45) is 4.24. The third-order valence-electron chi connectivity index (χ3n) is 6.24. The zero-order valence-corrected chi connectivity index (χ0v) is 20.3. The summed E-state index contributed by atoms with van der Waals surface area (Å²) in [5.41, 5.74) is 2.37. The van der Waals surface area contributed by atoms with Crippen LogP contribution in [0.1, 0.15) is 39.8 Å². The molecule has 0 bridgehead atoms. The third kappa shape index (κ3) is 5.08. The molecule has 2 heterocycles. The maximum Gasteiger partial charge on any atom is 0.307 e. The van der Waals surface area contributed by atoms with E-state index in [-0.39, 0.29) is 12.3 Å². The van der Waals surface area contributed by atoms with Crippen molar-refractivity contribution in [2.45, 2.75) is 25.5 Å². The summed E-state index contributed by atoms with van der Waals surface area (Å²) in [7, 11) is 6.39. The minimum absolute atomic E-state index is 0.0373. The fourth-order valence-electron chi connectivity index (χ4n) is 4.28. The Labute approximate surface area is 204 Å². The quantitative estimate of drug-likeness (QED) is 0.458. The van der Waals surface area contributed by atoms with Gasteiger partial charge in [0.2, 0.25) is 0 Å². The van der Waals surface area contributed by atoms with Crippen LogP contribution in [-0.2, 0) is 29.6 Å². The minimum Gasteiger partial charge on any atom is -0.493 e. The molecule has 0 N–H and O–H groups in total. The monoisotopic (exact) mass is 479 g/mol. The second kappa shape index (κ2) is 10.5. The van der Waals surface area contributed by atoms with E-state index in [0.29, 0.717) is 42.4 Å². The molecule has 0 radical (unpaired) electrons. The molecule has 1 aromatic heterocycles. The number of methoxy groups -OCH3 is 3. The second-order valence-corrected chi connectivity index (χ2v) is 8.22. The average Bonchev–Trinajstić information content (AvgIpc) is 3.31. The van der Waals surface area contributed by atoms with Crippen molar-refractivity contribution in [1.82, 2.24) is 14.5 Å². The van der Waals surface area contributed by atoms with Crippen molar-refractivity contribution in [2.24, 2.45) is 7.05 Å². The summed E-state index contributed by atoms with van der Waals surface area (Å²) in [5.74, 6) is 2.03. The first kappa shape index (κ1) is 24.1. The average molecular weight is 480 g/mol. The molecular weight excluding hydrogens is 450 g/mol. The highest BCUT2D eigenvalue weighted by Crippen LogP contribution is 2.40. The number of hydrogen-bond donors (Lipinski definition) is 0. The van der Waals surface area contributed by atoms with Gasteiger partial charge in [0.05, 0.1) is 33.8 Å². The van der Waals surface area contributed by atoms with Crippen LogP contribution in [0.4, 0.5) is 0 Å². The highest BCUT2D eigenvalue weighted by Gasteiger charge is 2.34. The van der Waals surface area contributed by atoms with Gasteiger partial charge >= 0.3 is 5.97 Å². The summed E-state index contributed by atoms with van der Waals surface area (Å²) < 4.78 is 23.5. The zero-order valence-electron chi connectivity index (χ0n) is 20.3. The van der Waals surface area contributed by atoms with Crippen molar-refractivity contribution in [3.05, 3.63) is 71.3 Å². The number of aromatic nitrogens is 2. The van der Waals surface area contributed by atoms with Crippen LogP contribution in [0.25, 0.3) is 0 Å². The number of fused-ring (bicyclic) bond motifs is 1. The van der Waals surface area contributed by atoms with Crippen LogP contribution in [0.5, 0.6) is 17.2 Å². The molecule has 0 saturated heterocycles. The van der Waals surface area contributed by atoms with E-state index in [9.17, 15) is 9.59 Å². The molecule has 0 aliphatic carbocycles. The molecule has 0 spiro atoms. The molecule has 9 nitrogen and oxygen atoms in total. The predicted molar refractivity (Wildman–Crippen MR) is 128 cm³/mol. The van der Waals surface area contributed by atoms with Gasteiger partial charge in [0.1, 0.15) is 18.2 Å². The number of ether oxygens (including phenoxy) is 4. The lowest BCUT2D eigenvalue weighted by molar-refractivity contribution is -0.141. The number of amides is 1. The van der Waals surface area contributed by atoms with Gasteiger partial charge < -0.3 is 28.4 Å². The summed E-state index contributed by atoms with van der Waals surface area (Å²) in [5, 5.41) is 0. The molecule has 1 aliphatic heterocycles. The van der Waals surface area contributed by atoms with Gasteiger partial charge in [-0.3, -0.25) is 9.59 Å². The minimum atomic E-state index is -0.488. The van der Waals surface area contributed by atoms with Gasteiger partial charge in [-0.1, -0.05) is 0 Å². The molecule has 1 aliphatic rings. The maximum atomic E-state index is 13.5. The van der Waals surface area contributed by atoms with E-state index in [2.05, 4.69) is 4.98 Å². The number of carbonyl (C=O) groups excluding carboxylic acids is 2. The van der Waals surface area contributed by atoms with Crippen LogP contribution in [-0.4, -0.2) is 54.2 Å². The van der Waals surface area contributed by atoms with E-state index in [0.717, 1.165) is 17.0 Å². The molecule has 3 aromatic rings. The van der Waals surface area contributed by atoms with Gasteiger partial charge in [-0.2, -0.15) is 0 Å². The fourth-order valence-corrected chi connectivity index (χ4v) is 4.28. The molecular formula is C26H29N3O6. The maximum absolute atomic E-state index is 13.5. The normalized spacial score (nSPS) is 14.7. The SMILES string of the molecule is COC(=O)CC1c2cc(OC)c(OC)cc2CCN1C(=O)c1ccc(OCc2nccn2C)cc1. The smallest absolute Gasteiger partial charge is 0.307 e. The van der Waals surface area contributed by atoms with Crippen LogP contribution in [0, 0.1) is 0 Å². The number of hydrogen-bond acceptors (Lipinski definition) is 7. The van der Waals surface area contributed by atoms with Crippen molar-refractivity contribution >= 4 is 11.9 Å². The van der Waals surface area contributed by atoms with Gasteiger partial charge in [-0.15, -0.1) is 0 Å². The zero-order chi connectivity index (χ0) is 24.9. The van der Waals surface area contributed by atoms with Crippen molar-refractivity contribution in [2.75, 3.05) is 27.9 Å². The van der Waals surface area contributed by atoms with Crippen LogP contribution in [0.15, 0.2) is 48.8 Å². The number of imidazole rings is 1. The van der Waals surface area contributed by atoms with E-state index in [4.69, 9.17) is 18.9 Å². The van der Waals surface area contributed by atoms with E-state index in [1.807, 2.05) is 29.9 Å². The van der Waals surface area contributed by atoms with Gasteiger partial charge in [0.15, 0.2) is 11.5 Å². The Balaban J connectivity index is 1.57. The molecule has 4 rings (SSSR count). The molecule has 0 saturated carbocycles. The molecule has 2 aromatic carbocycles. The molecule has 1 amide bonds. The number of aryl methyl sites for hydroxylation is 1. The predicted octanol–water partition coefficient (Wildman–Crippen LogP) is 3.32. The van der Waals surface area contributed by atoms with Crippen LogP contribution >= 0.6 is 0 Å². The summed E-state index contributed by atoms with van der Waals surface area (Å²) in [4.78, 5) is 31.8. The van der Waals surface area contributed by atoms with Gasteiger partial charge in [0.25, 0.3) is 5.91 Å². The van der Waals surface area contributed by atoms with Gasteiger partial charge in [0, 0.05) is 31.5 Å². The number of nitrogens with zero attached hydrogens (tertiary/aromatic N) is 3. The van der Waals surface area contributed by atoms with Crippen LogP contribution in [0.2, 0.25) is 0 Å². The summed E-state index contributed by atoms with van der Waals surface area (Å²) in [6, 6.07) is 10.3. The van der Waals surface area contributed by atoms with Crippen LogP contribution < -0.4 is 14.2 Å². The van der Waals surface area contributed by atoms with Crippen LogP contribution in [0.3, 0.4) is 0 Å². The lowest BCUT2D eigenvalue weighted by Gasteiger charge is -2.37. The standard InChI is InChI=1S/C26H29N3O6/c1-28-12-10-27-24(28)16-35-19-7-5-17(6-8-19)26(31)29-11-9-18-13-22(32-2)23(33-3)14-20(18)21(29)15-25(30)34-4/h5-8,10,12-14,21H,9,11,15-16H2,1-4H3. The Kier molecular flexibility index (Phi) is 7.24. The molecule has 184 valence electrons. The van der Waals surface area contributed by atoms with E-state index >= 15 is 0 Å². The van der Waals surface area contributed by atoms with Gasteiger partial charge in [-0.05, 0) is 53.9 Å². The Morgan fingerprint density at radius 2 is 1.77 bits per heavy atom.